The van der Waals surface area contributed by atoms with Crippen LogP contribution in [0.15, 0.2) is 48.5 Å². The summed E-state index contributed by atoms with van der Waals surface area (Å²) in [4.78, 5) is 36.5. The Morgan fingerprint density at radius 3 is 2.21 bits per heavy atom. The van der Waals surface area contributed by atoms with Crippen molar-refractivity contribution in [2.45, 2.75) is 50.6 Å². The van der Waals surface area contributed by atoms with Gasteiger partial charge in [-0.3, -0.25) is 9.59 Å². The molecule has 0 unspecified atom stereocenters. The number of carbonyl (C=O) groups excluding carboxylic acids is 2. The summed E-state index contributed by atoms with van der Waals surface area (Å²) >= 11 is 1.58. The van der Waals surface area contributed by atoms with Crippen molar-refractivity contribution in [1.29, 1.82) is 0 Å². The van der Waals surface area contributed by atoms with Crippen molar-refractivity contribution < 1.29 is 24.2 Å². The molecule has 0 fully saturated rings. The first-order valence-electron chi connectivity index (χ1n) is 11.4. The molecule has 2 amide bonds. The van der Waals surface area contributed by atoms with Gasteiger partial charge in [0.15, 0.2) is 0 Å². The molecular weight excluding hydrogens is 452 g/mol. The normalized spacial score (nSPS) is 13.5. The van der Waals surface area contributed by atoms with Crippen LogP contribution in [0.3, 0.4) is 0 Å². The van der Waals surface area contributed by atoms with Crippen molar-refractivity contribution in [2.75, 3.05) is 18.6 Å². The van der Waals surface area contributed by atoms with Crippen molar-refractivity contribution in [3.05, 3.63) is 59.7 Å². The highest BCUT2D eigenvalue weighted by molar-refractivity contribution is 7.98. The molecule has 0 heterocycles. The molecule has 0 spiro atoms. The van der Waals surface area contributed by atoms with Gasteiger partial charge in [0.25, 0.3) is 0 Å². The summed E-state index contributed by atoms with van der Waals surface area (Å²) in [6.07, 6.45) is 1.95. The van der Waals surface area contributed by atoms with E-state index < -0.39 is 23.6 Å². The van der Waals surface area contributed by atoms with E-state index in [4.69, 9.17) is 9.84 Å². The number of nitrogens with one attached hydrogen (secondary N) is 2. The van der Waals surface area contributed by atoms with Crippen LogP contribution in [0, 0.1) is 0 Å². The number of rotatable bonds is 11. The molecule has 182 valence electrons. The molecule has 1 aliphatic carbocycles. The smallest absolute Gasteiger partial charge is 0.407 e. The Hall–Kier alpha value is -3.00. The van der Waals surface area contributed by atoms with Crippen LogP contribution in [-0.4, -0.2) is 53.3 Å². The fourth-order valence-electron chi connectivity index (χ4n) is 4.19. The molecule has 0 saturated carbocycles. The molecule has 1 aliphatic rings. The van der Waals surface area contributed by atoms with Crippen LogP contribution in [0.4, 0.5) is 4.79 Å². The van der Waals surface area contributed by atoms with Crippen LogP contribution in [0.1, 0.15) is 50.2 Å². The number of carbonyl (C=O) groups is 3. The quantitative estimate of drug-likeness (QED) is 0.437. The second-order valence-electron chi connectivity index (χ2n) is 9.07. The van der Waals surface area contributed by atoms with Crippen molar-refractivity contribution in [2.24, 2.45) is 0 Å². The van der Waals surface area contributed by atoms with E-state index in [-0.39, 0.29) is 31.3 Å². The van der Waals surface area contributed by atoms with E-state index in [9.17, 15) is 14.4 Å². The lowest BCUT2D eigenvalue weighted by Gasteiger charge is -2.28. The Bertz CT molecular complexity index is 994. The third-order valence-corrected chi connectivity index (χ3v) is 6.63. The summed E-state index contributed by atoms with van der Waals surface area (Å²) in [7, 11) is 0. The van der Waals surface area contributed by atoms with Crippen LogP contribution >= 0.6 is 11.8 Å². The standard InChI is InChI=1S/C26H32N2O5S/c1-26(2,14-12-23(29)30)28-24(31)22(13-15-34-3)27-25(32)33-16-21-19-10-6-4-8-17(19)18-9-5-7-11-20(18)21/h4-11,21-22H,12-16H2,1-3H3,(H,27,32)(H,28,31)(H,29,30)/t22-/m0/s1. The summed E-state index contributed by atoms with van der Waals surface area (Å²) in [6.45, 7) is 3.71. The Morgan fingerprint density at radius 2 is 1.65 bits per heavy atom. The molecular formula is C26H32N2O5S. The fourth-order valence-corrected chi connectivity index (χ4v) is 4.66. The van der Waals surface area contributed by atoms with E-state index in [0.29, 0.717) is 12.2 Å². The van der Waals surface area contributed by atoms with Gasteiger partial charge in [-0.2, -0.15) is 11.8 Å². The third kappa shape index (κ3) is 6.53. The summed E-state index contributed by atoms with van der Waals surface area (Å²) < 4.78 is 5.59. The van der Waals surface area contributed by atoms with E-state index in [1.807, 2.05) is 30.5 Å². The molecule has 0 bridgehead atoms. The first-order chi connectivity index (χ1) is 16.2. The maximum Gasteiger partial charge on any atom is 0.407 e. The van der Waals surface area contributed by atoms with Crippen LogP contribution in [0.2, 0.25) is 0 Å². The molecule has 7 nitrogen and oxygen atoms in total. The topological polar surface area (TPSA) is 105 Å². The van der Waals surface area contributed by atoms with E-state index in [1.54, 1.807) is 25.6 Å². The minimum absolute atomic E-state index is 0.0530. The number of thioether (sulfide) groups is 1. The highest BCUT2D eigenvalue weighted by atomic mass is 32.2. The number of amides is 2. The Labute approximate surface area is 204 Å². The highest BCUT2D eigenvalue weighted by Crippen LogP contribution is 2.44. The van der Waals surface area contributed by atoms with Gasteiger partial charge in [0.2, 0.25) is 5.91 Å². The molecule has 0 aromatic heterocycles. The number of hydrogen-bond donors (Lipinski definition) is 3. The predicted molar refractivity (Wildman–Crippen MR) is 134 cm³/mol. The minimum Gasteiger partial charge on any atom is -0.481 e. The Morgan fingerprint density at radius 1 is 1.06 bits per heavy atom. The Kier molecular flexibility index (Phi) is 8.61. The molecule has 2 aromatic rings. The van der Waals surface area contributed by atoms with E-state index in [1.165, 1.54) is 0 Å². The summed E-state index contributed by atoms with van der Waals surface area (Å²) in [5.74, 6) is -0.653. The van der Waals surface area contributed by atoms with Crippen LogP contribution in [-0.2, 0) is 14.3 Å². The van der Waals surface area contributed by atoms with E-state index in [0.717, 1.165) is 22.3 Å². The summed E-state index contributed by atoms with van der Waals surface area (Å²) in [5.41, 5.74) is 3.82. The van der Waals surface area contributed by atoms with Gasteiger partial charge in [-0.25, -0.2) is 4.79 Å². The molecule has 2 aromatic carbocycles. The van der Waals surface area contributed by atoms with Gasteiger partial charge in [-0.05, 0) is 61.0 Å². The molecule has 0 radical (unpaired) electrons. The van der Waals surface area contributed by atoms with Gasteiger partial charge in [0.05, 0.1) is 0 Å². The lowest BCUT2D eigenvalue weighted by molar-refractivity contribution is -0.138. The first kappa shape index (κ1) is 25.6. The molecule has 34 heavy (non-hydrogen) atoms. The average molecular weight is 485 g/mol. The lowest BCUT2D eigenvalue weighted by Crippen LogP contribution is -2.53. The highest BCUT2D eigenvalue weighted by Gasteiger charge is 2.31. The molecule has 0 aliphatic heterocycles. The van der Waals surface area contributed by atoms with E-state index >= 15 is 0 Å². The zero-order valence-corrected chi connectivity index (χ0v) is 20.6. The van der Waals surface area contributed by atoms with Gasteiger partial charge in [-0.15, -0.1) is 0 Å². The fraction of sp³-hybridized carbons (Fsp3) is 0.423. The van der Waals surface area contributed by atoms with Crippen molar-refractivity contribution in [1.82, 2.24) is 10.6 Å². The maximum atomic E-state index is 12.9. The molecule has 8 heteroatoms. The van der Waals surface area contributed by atoms with Crippen LogP contribution in [0.25, 0.3) is 11.1 Å². The number of hydrogen-bond acceptors (Lipinski definition) is 5. The van der Waals surface area contributed by atoms with Crippen molar-refractivity contribution in [3.8, 4) is 11.1 Å². The zero-order valence-electron chi connectivity index (χ0n) is 19.8. The number of aliphatic carboxylic acids is 1. The number of carboxylic acids is 1. The summed E-state index contributed by atoms with van der Waals surface area (Å²) in [6, 6.07) is 15.4. The zero-order chi connectivity index (χ0) is 24.7. The van der Waals surface area contributed by atoms with Crippen molar-refractivity contribution in [3.63, 3.8) is 0 Å². The molecule has 0 saturated heterocycles. The largest absolute Gasteiger partial charge is 0.481 e. The number of carboxylic acid groups (broad SMARTS) is 1. The number of alkyl carbamates (subject to hydrolysis) is 1. The third-order valence-electron chi connectivity index (χ3n) is 5.99. The van der Waals surface area contributed by atoms with Gasteiger partial charge in [-0.1, -0.05) is 48.5 Å². The second-order valence-corrected chi connectivity index (χ2v) is 10.1. The molecule has 1 atom stereocenters. The van der Waals surface area contributed by atoms with Crippen LogP contribution in [0.5, 0.6) is 0 Å². The lowest BCUT2D eigenvalue weighted by atomic mass is 9.97. The maximum absolute atomic E-state index is 12.9. The predicted octanol–water partition coefficient (Wildman–Crippen LogP) is 4.41. The molecule has 3 N–H and O–H groups in total. The molecule has 3 rings (SSSR count). The number of fused-ring (bicyclic) bond motifs is 3. The first-order valence-corrected chi connectivity index (χ1v) is 12.8. The number of benzene rings is 2. The average Bonchev–Trinajstić information content (AvgIpc) is 3.12. The monoisotopic (exact) mass is 484 g/mol. The second kappa shape index (κ2) is 11.4. The minimum atomic E-state index is -0.919. The Balaban J connectivity index is 1.63. The van der Waals surface area contributed by atoms with E-state index in [2.05, 4.69) is 34.9 Å². The summed E-state index contributed by atoms with van der Waals surface area (Å²) in [5, 5.41) is 14.5. The number of ether oxygens (including phenoxy) is 1. The van der Waals surface area contributed by atoms with Gasteiger partial charge >= 0.3 is 12.1 Å². The SMILES string of the molecule is CSCC[C@H](NC(=O)OCC1c2ccccc2-c2ccccc21)C(=O)NC(C)(C)CCC(=O)O. The van der Waals surface area contributed by atoms with Gasteiger partial charge < -0.3 is 20.5 Å². The van der Waals surface area contributed by atoms with Crippen molar-refractivity contribution >= 4 is 29.7 Å². The van der Waals surface area contributed by atoms with Gasteiger partial charge in [0.1, 0.15) is 12.6 Å². The van der Waals surface area contributed by atoms with Gasteiger partial charge in [0, 0.05) is 17.9 Å². The van der Waals surface area contributed by atoms with Crippen LogP contribution < -0.4 is 10.6 Å².